The van der Waals surface area contributed by atoms with Gasteiger partial charge in [-0.1, -0.05) is 0 Å². The first-order valence-corrected chi connectivity index (χ1v) is 7.78. The maximum atomic E-state index is 12.5. The number of nitrogens with two attached hydrogens (primary N) is 1. The number of halogens is 1. The molecule has 1 aromatic carbocycles. The predicted molar refractivity (Wildman–Crippen MR) is 83.0 cm³/mol. The Morgan fingerprint density at radius 1 is 1.45 bits per heavy atom. The number of carbonyl (C=O) groups excluding carboxylic acids is 1. The van der Waals surface area contributed by atoms with Crippen molar-refractivity contribution in [2.45, 2.75) is 19.3 Å². The molecule has 5 heteroatoms. The molecule has 1 saturated heterocycles. The second-order valence-corrected chi connectivity index (χ2v) is 6.02. The number of piperidine rings is 1. The second-order valence-electron chi connectivity index (χ2n) is 5.16. The molecule has 0 aliphatic carbocycles. The van der Waals surface area contributed by atoms with Gasteiger partial charge in [0.2, 0.25) is 0 Å². The molecule has 1 aliphatic rings. The maximum Gasteiger partial charge on any atom is 0.253 e. The molecule has 0 atom stereocenters. The highest BCUT2D eigenvalue weighted by Gasteiger charge is 2.23. The number of likely N-dealkylation sites (tertiary alicyclic amines) is 1. The van der Waals surface area contributed by atoms with Crippen LogP contribution in [0.2, 0.25) is 0 Å². The van der Waals surface area contributed by atoms with Gasteiger partial charge in [-0.2, -0.15) is 0 Å². The van der Waals surface area contributed by atoms with E-state index in [1.54, 1.807) is 7.11 Å². The van der Waals surface area contributed by atoms with Gasteiger partial charge in [0.15, 0.2) is 0 Å². The van der Waals surface area contributed by atoms with Crippen molar-refractivity contribution < 1.29 is 9.53 Å². The molecule has 110 valence electrons. The third-order valence-electron chi connectivity index (χ3n) is 3.88. The summed E-state index contributed by atoms with van der Waals surface area (Å²) in [7, 11) is 1.61. The van der Waals surface area contributed by atoms with Gasteiger partial charge in [0.25, 0.3) is 5.91 Å². The highest BCUT2D eigenvalue weighted by Crippen LogP contribution is 2.27. The lowest BCUT2D eigenvalue weighted by molar-refractivity contribution is 0.0688. The minimum Gasteiger partial charge on any atom is -0.496 e. The van der Waals surface area contributed by atoms with E-state index >= 15 is 0 Å². The molecule has 0 radical (unpaired) electrons. The third kappa shape index (κ3) is 3.52. The van der Waals surface area contributed by atoms with Gasteiger partial charge < -0.3 is 15.4 Å². The van der Waals surface area contributed by atoms with Crippen LogP contribution in [-0.2, 0) is 0 Å². The summed E-state index contributed by atoms with van der Waals surface area (Å²) in [4.78, 5) is 14.4. The van der Waals surface area contributed by atoms with Crippen molar-refractivity contribution in [2.24, 2.45) is 11.7 Å². The standard InChI is InChI=1S/C15H21BrN2O2/c1-20-14-3-2-12(10-13(14)16)15(19)18-8-5-11(4-7-17)6-9-18/h2-3,10-11H,4-9,17H2,1H3. The average molecular weight is 341 g/mol. The Hall–Kier alpha value is -1.07. The van der Waals surface area contributed by atoms with Crippen LogP contribution in [0.4, 0.5) is 0 Å². The molecule has 0 spiro atoms. The van der Waals surface area contributed by atoms with Gasteiger partial charge in [-0.25, -0.2) is 0 Å². The van der Waals surface area contributed by atoms with Crippen LogP contribution in [0.5, 0.6) is 5.75 Å². The molecule has 4 nitrogen and oxygen atoms in total. The summed E-state index contributed by atoms with van der Waals surface area (Å²) >= 11 is 3.42. The third-order valence-corrected chi connectivity index (χ3v) is 4.50. The lowest BCUT2D eigenvalue weighted by Gasteiger charge is -2.32. The minimum atomic E-state index is 0.0968. The van der Waals surface area contributed by atoms with Crippen molar-refractivity contribution in [1.29, 1.82) is 0 Å². The van der Waals surface area contributed by atoms with Crippen LogP contribution in [0.1, 0.15) is 29.6 Å². The summed E-state index contributed by atoms with van der Waals surface area (Å²) in [5.74, 6) is 1.51. The number of carbonyl (C=O) groups is 1. The number of rotatable bonds is 4. The molecule has 1 fully saturated rings. The summed E-state index contributed by atoms with van der Waals surface area (Å²) < 4.78 is 5.99. The van der Waals surface area contributed by atoms with E-state index in [1.165, 1.54) is 0 Å². The first kappa shape index (κ1) is 15.3. The Bertz CT molecular complexity index is 471. The fourth-order valence-electron chi connectivity index (χ4n) is 2.64. The lowest BCUT2D eigenvalue weighted by atomic mass is 9.93. The van der Waals surface area contributed by atoms with E-state index in [9.17, 15) is 4.79 Å². The molecular weight excluding hydrogens is 320 g/mol. The Morgan fingerprint density at radius 2 is 2.15 bits per heavy atom. The molecule has 1 heterocycles. The smallest absolute Gasteiger partial charge is 0.253 e. The molecule has 0 bridgehead atoms. The first-order chi connectivity index (χ1) is 9.65. The summed E-state index contributed by atoms with van der Waals surface area (Å²) in [6, 6.07) is 5.46. The first-order valence-electron chi connectivity index (χ1n) is 6.98. The van der Waals surface area contributed by atoms with Crippen molar-refractivity contribution in [1.82, 2.24) is 4.90 Å². The van der Waals surface area contributed by atoms with Crippen LogP contribution in [0.25, 0.3) is 0 Å². The molecule has 1 amide bonds. The number of amides is 1. The van der Waals surface area contributed by atoms with E-state index in [0.29, 0.717) is 11.5 Å². The molecular formula is C15H21BrN2O2. The lowest BCUT2D eigenvalue weighted by Crippen LogP contribution is -2.38. The zero-order valence-corrected chi connectivity index (χ0v) is 13.4. The highest BCUT2D eigenvalue weighted by molar-refractivity contribution is 9.10. The quantitative estimate of drug-likeness (QED) is 0.916. The van der Waals surface area contributed by atoms with Gasteiger partial charge in [-0.15, -0.1) is 0 Å². The zero-order chi connectivity index (χ0) is 14.5. The molecule has 2 N–H and O–H groups in total. The largest absolute Gasteiger partial charge is 0.496 e. The van der Waals surface area contributed by atoms with Crippen LogP contribution in [0.3, 0.4) is 0 Å². The van der Waals surface area contributed by atoms with Gasteiger partial charge in [-0.05, 0) is 65.9 Å². The number of methoxy groups -OCH3 is 1. The Kier molecular flexibility index (Phi) is 5.43. The van der Waals surface area contributed by atoms with E-state index in [2.05, 4.69) is 15.9 Å². The van der Waals surface area contributed by atoms with Crippen molar-refractivity contribution in [3.8, 4) is 5.75 Å². The molecule has 0 saturated carbocycles. The maximum absolute atomic E-state index is 12.5. The topological polar surface area (TPSA) is 55.6 Å². The molecule has 2 rings (SSSR count). The fourth-order valence-corrected chi connectivity index (χ4v) is 3.18. The summed E-state index contributed by atoms with van der Waals surface area (Å²) in [5, 5.41) is 0. The van der Waals surface area contributed by atoms with Crippen molar-refractivity contribution in [3.63, 3.8) is 0 Å². The van der Waals surface area contributed by atoms with Crippen LogP contribution in [-0.4, -0.2) is 37.6 Å². The predicted octanol–water partition coefficient (Wildman–Crippen LogP) is 2.66. The fraction of sp³-hybridized carbons (Fsp3) is 0.533. The summed E-state index contributed by atoms with van der Waals surface area (Å²) in [6.07, 6.45) is 3.18. The molecule has 20 heavy (non-hydrogen) atoms. The molecule has 1 aliphatic heterocycles. The van der Waals surface area contributed by atoms with E-state index in [4.69, 9.17) is 10.5 Å². The van der Waals surface area contributed by atoms with Crippen LogP contribution < -0.4 is 10.5 Å². The summed E-state index contributed by atoms with van der Waals surface area (Å²) in [6.45, 7) is 2.39. The molecule has 1 aromatic rings. The van der Waals surface area contributed by atoms with E-state index < -0.39 is 0 Å². The number of hydrogen-bond acceptors (Lipinski definition) is 3. The van der Waals surface area contributed by atoms with Crippen molar-refractivity contribution >= 4 is 21.8 Å². The van der Waals surface area contributed by atoms with E-state index in [-0.39, 0.29) is 5.91 Å². The average Bonchev–Trinajstić information content (AvgIpc) is 2.47. The van der Waals surface area contributed by atoms with Gasteiger partial charge in [-0.3, -0.25) is 4.79 Å². The van der Waals surface area contributed by atoms with Crippen molar-refractivity contribution in [3.05, 3.63) is 28.2 Å². The van der Waals surface area contributed by atoms with Crippen LogP contribution in [0.15, 0.2) is 22.7 Å². The monoisotopic (exact) mass is 340 g/mol. The number of ether oxygens (including phenoxy) is 1. The second kappa shape index (κ2) is 7.09. The normalized spacial score (nSPS) is 16.2. The van der Waals surface area contributed by atoms with Gasteiger partial charge in [0.05, 0.1) is 11.6 Å². The SMILES string of the molecule is COc1ccc(C(=O)N2CCC(CCN)CC2)cc1Br. The number of benzene rings is 1. The van der Waals surface area contributed by atoms with E-state index in [1.807, 2.05) is 23.1 Å². The Balaban J connectivity index is 2.00. The van der Waals surface area contributed by atoms with Gasteiger partial charge in [0.1, 0.15) is 5.75 Å². The highest BCUT2D eigenvalue weighted by atomic mass is 79.9. The van der Waals surface area contributed by atoms with Crippen LogP contribution in [0, 0.1) is 5.92 Å². The van der Waals surface area contributed by atoms with Crippen molar-refractivity contribution in [2.75, 3.05) is 26.7 Å². The molecule has 0 unspecified atom stereocenters. The van der Waals surface area contributed by atoms with Gasteiger partial charge in [0, 0.05) is 18.7 Å². The van der Waals surface area contributed by atoms with E-state index in [0.717, 1.165) is 49.1 Å². The van der Waals surface area contributed by atoms with Gasteiger partial charge >= 0.3 is 0 Å². The zero-order valence-electron chi connectivity index (χ0n) is 11.8. The number of nitrogens with zero attached hydrogens (tertiary/aromatic N) is 1. The molecule has 0 aromatic heterocycles. The van der Waals surface area contributed by atoms with Crippen LogP contribution >= 0.6 is 15.9 Å². The number of hydrogen-bond donors (Lipinski definition) is 1. The summed E-state index contributed by atoms with van der Waals surface area (Å²) in [5.41, 5.74) is 6.29. The Labute approximate surface area is 128 Å². The Morgan fingerprint density at radius 3 is 2.70 bits per heavy atom. The minimum absolute atomic E-state index is 0.0968.